The first-order valence-corrected chi connectivity index (χ1v) is 6.43. The predicted octanol–water partition coefficient (Wildman–Crippen LogP) is -0.452. The van der Waals surface area contributed by atoms with Crippen molar-refractivity contribution < 1.29 is 14.6 Å². The van der Waals surface area contributed by atoms with E-state index in [9.17, 15) is 9.90 Å². The number of aliphatic hydroxyl groups is 1. The molecular formula is C12H22N2O3. The zero-order valence-electron chi connectivity index (χ0n) is 10.5. The number of amides is 1. The Bertz CT molecular complexity index is 266. The maximum absolute atomic E-state index is 12.1. The number of hydrogen-bond donors (Lipinski definition) is 1. The molecule has 2 aliphatic heterocycles. The standard InChI is InChI=1S/C12H22N2O3/c1-10-2-3-14(11(10)9-15)8-12(16)13-4-6-17-7-5-13/h10-11,15H,2-9H2,1H3. The number of aliphatic hydroxyl groups excluding tert-OH is 1. The van der Waals surface area contributed by atoms with Gasteiger partial charge in [0.2, 0.25) is 5.91 Å². The number of likely N-dealkylation sites (tertiary alicyclic amines) is 1. The molecule has 17 heavy (non-hydrogen) atoms. The highest BCUT2D eigenvalue weighted by Gasteiger charge is 2.32. The maximum atomic E-state index is 12.1. The van der Waals surface area contributed by atoms with Crippen molar-refractivity contribution in [3.63, 3.8) is 0 Å². The van der Waals surface area contributed by atoms with Crippen LogP contribution in [0, 0.1) is 5.92 Å². The van der Waals surface area contributed by atoms with Crippen LogP contribution in [0.5, 0.6) is 0 Å². The van der Waals surface area contributed by atoms with E-state index in [2.05, 4.69) is 11.8 Å². The van der Waals surface area contributed by atoms with Gasteiger partial charge in [0.15, 0.2) is 0 Å². The minimum atomic E-state index is 0.150. The first-order valence-electron chi connectivity index (χ1n) is 6.43. The van der Waals surface area contributed by atoms with Gasteiger partial charge in [-0.2, -0.15) is 0 Å². The number of carbonyl (C=O) groups is 1. The van der Waals surface area contributed by atoms with E-state index in [1.54, 1.807) is 0 Å². The maximum Gasteiger partial charge on any atom is 0.236 e. The molecule has 0 radical (unpaired) electrons. The van der Waals surface area contributed by atoms with Gasteiger partial charge in [-0.3, -0.25) is 9.69 Å². The molecule has 2 aliphatic rings. The average molecular weight is 242 g/mol. The largest absolute Gasteiger partial charge is 0.395 e. The third-order valence-corrected chi connectivity index (χ3v) is 3.89. The minimum Gasteiger partial charge on any atom is -0.395 e. The Morgan fingerprint density at radius 3 is 2.71 bits per heavy atom. The fourth-order valence-electron chi connectivity index (χ4n) is 2.67. The first-order chi connectivity index (χ1) is 8.22. The lowest BCUT2D eigenvalue weighted by molar-refractivity contribution is -0.136. The Hall–Kier alpha value is -0.650. The van der Waals surface area contributed by atoms with Crippen molar-refractivity contribution in [3.05, 3.63) is 0 Å². The number of rotatable bonds is 3. The summed E-state index contributed by atoms with van der Waals surface area (Å²) in [6.45, 7) is 6.34. The summed E-state index contributed by atoms with van der Waals surface area (Å²) in [4.78, 5) is 16.0. The summed E-state index contributed by atoms with van der Waals surface area (Å²) >= 11 is 0. The summed E-state index contributed by atoms with van der Waals surface area (Å²) in [7, 11) is 0. The molecule has 2 heterocycles. The lowest BCUT2D eigenvalue weighted by Crippen LogP contribution is -2.47. The molecule has 1 amide bonds. The lowest BCUT2D eigenvalue weighted by Gasteiger charge is -2.30. The Kier molecular flexibility index (Phi) is 4.36. The quantitative estimate of drug-likeness (QED) is 0.728. The molecule has 0 aliphatic carbocycles. The van der Waals surface area contributed by atoms with Gasteiger partial charge < -0.3 is 14.7 Å². The van der Waals surface area contributed by atoms with Crippen molar-refractivity contribution in [1.29, 1.82) is 0 Å². The summed E-state index contributed by atoms with van der Waals surface area (Å²) in [6.07, 6.45) is 1.07. The van der Waals surface area contributed by atoms with E-state index in [1.165, 1.54) is 0 Å². The molecule has 0 aromatic carbocycles. The van der Waals surface area contributed by atoms with Crippen molar-refractivity contribution in [2.45, 2.75) is 19.4 Å². The summed E-state index contributed by atoms with van der Waals surface area (Å²) in [6, 6.07) is 0.153. The molecule has 0 spiro atoms. The zero-order valence-corrected chi connectivity index (χ0v) is 10.5. The van der Waals surface area contributed by atoms with Crippen LogP contribution >= 0.6 is 0 Å². The van der Waals surface area contributed by atoms with Crippen molar-refractivity contribution >= 4 is 5.91 Å². The van der Waals surface area contributed by atoms with Crippen LogP contribution in [0.15, 0.2) is 0 Å². The Balaban J connectivity index is 1.85. The minimum absolute atomic E-state index is 0.150. The highest BCUT2D eigenvalue weighted by Crippen LogP contribution is 2.23. The van der Waals surface area contributed by atoms with E-state index in [0.717, 1.165) is 13.0 Å². The van der Waals surface area contributed by atoms with E-state index in [0.29, 0.717) is 38.8 Å². The zero-order chi connectivity index (χ0) is 12.3. The van der Waals surface area contributed by atoms with E-state index >= 15 is 0 Å². The molecular weight excluding hydrogens is 220 g/mol. The fraction of sp³-hybridized carbons (Fsp3) is 0.917. The third kappa shape index (κ3) is 2.97. The number of nitrogens with zero attached hydrogens (tertiary/aromatic N) is 2. The summed E-state index contributed by atoms with van der Waals surface area (Å²) in [5.74, 6) is 0.651. The Morgan fingerprint density at radius 2 is 2.06 bits per heavy atom. The molecule has 0 aromatic rings. The third-order valence-electron chi connectivity index (χ3n) is 3.89. The van der Waals surface area contributed by atoms with Gasteiger partial charge in [0, 0.05) is 19.1 Å². The molecule has 2 atom stereocenters. The van der Waals surface area contributed by atoms with Crippen LogP contribution in [0.2, 0.25) is 0 Å². The second kappa shape index (κ2) is 5.80. The normalized spacial score (nSPS) is 30.8. The smallest absolute Gasteiger partial charge is 0.236 e. The van der Waals surface area contributed by atoms with Gasteiger partial charge in [-0.05, 0) is 18.9 Å². The van der Waals surface area contributed by atoms with E-state index < -0.39 is 0 Å². The number of hydrogen-bond acceptors (Lipinski definition) is 4. The van der Waals surface area contributed by atoms with E-state index in [1.807, 2.05) is 4.90 Å². The Morgan fingerprint density at radius 1 is 1.35 bits per heavy atom. The molecule has 5 heteroatoms. The number of ether oxygens (including phenoxy) is 1. The number of morpholine rings is 1. The lowest BCUT2D eigenvalue weighted by atomic mass is 10.0. The average Bonchev–Trinajstić information content (AvgIpc) is 2.71. The number of carbonyl (C=O) groups excluding carboxylic acids is 1. The van der Waals surface area contributed by atoms with Crippen LogP contribution in [0.3, 0.4) is 0 Å². The van der Waals surface area contributed by atoms with E-state index in [4.69, 9.17) is 4.74 Å². The molecule has 2 fully saturated rings. The highest BCUT2D eigenvalue weighted by molar-refractivity contribution is 5.78. The van der Waals surface area contributed by atoms with Crippen LogP contribution in [0.25, 0.3) is 0 Å². The van der Waals surface area contributed by atoms with Crippen molar-refractivity contribution in [2.75, 3.05) is 46.0 Å². The SMILES string of the molecule is CC1CCN(CC(=O)N2CCOCC2)C1CO. The van der Waals surface area contributed by atoms with Crippen molar-refractivity contribution in [1.82, 2.24) is 9.80 Å². The molecule has 5 nitrogen and oxygen atoms in total. The first kappa shape index (κ1) is 12.8. The predicted molar refractivity (Wildman–Crippen MR) is 63.6 cm³/mol. The van der Waals surface area contributed by atoms with Crippen LogP contribution < -0.4 is 0 Å². The van der Waals surface area contributed by atoms with Crippen LogP contribution in [0.1, 0.15) is 13.3 Å². The fourth-order valence-corrected chi connectivity index (χ4v) is 2.67. The van der Waals surface area contributed by atoms with Gasteiger partial charge in [-0.15, -0.1) is 0 Å². The summed E-state index contributed by atoms with van der Waals surface area (Å²) in [5, 5.41) is 9.34. The Labute approximate surface area is 102 Å². The highest BCUT2D eigenvalue weighted by atomic mass is 16.5. The molecule has 0 aromatic heterocycles. The molecule has 2 saturated heterocycles. The summed E-state index contributed by atoms with van der Waals surface area (Å²) < 4.78 is 5.23. The van der Waals surface area contributed by atoms with Crippen molar-refractivity contribution in [3.8, 4) is 0 Å². The van der Waals surface area contributed by atoms with Gasteiger partial charge in [0.05, 0.1) is 26.4 Å². The summed E-state index contributed by atoms with van der Waals surface area (Å²) in [5.41, 5.74) is 0. The van der Waals surface area contributed by atoms with E-state index in [-0.39, 0.29) is 18.6 Å². The molecule has 0 bridgehead atoms. The van der Waals surface area contributed by atoms with Gasteiger partial charge >= 0.3 is 0 Å². The second-order valence-electron chi connectivity index (χ2n) is 4.98. The van der Waals surface area contributed by atoms with Crippen LogP contribution in [0.4, 0.5) is 0 Å². The molecule has 2 unspecified atom stereocenters. The van der Waals surface area contributed by atoms with Gasteiger partial charge in [-0.25, -0.2) is 0 Å². The van der Waals surface area contributed by atoms with Gasteiger partial charge in [0.1, 0.15) is 0 Å². The van der Waals surface area contributed by atoms with Crippen LogP contribution in [-0.4, -0.2) is 72.9 Å². The van der Waals surface area contributed by atoms with Crippen molar-refractivity contribution in [2.24, 2.45) is 5.92 Å². The molecule has 0 saturated carbocycles. The second-order valence-corrected chi connectivity index (χ2v) is 4.98. The molecule has 1 N–H and O–H groups in total. The van der Waals surface area contributed by atoms with Gasteiger partial charge in [-0.1, -0.05) is 6.92 Å². The molecule has 2 rings (SSSR count). The van der Waals surface area contributed by atoms with Gasteiger partial charge in [0.25, 0.3) is 0 Å². The molecule has 98 valence electrons. The topological polar surface area (TPSA) is 53.0 Å². The van der Waals surface area contributed by atoms with Crippen LogP contribution in [-0.2, 0) is 9.53 Å². The monoisotopic (exact) mass is 242 g/mol.